The zero-order chi connectivity index (χ0) is 14.8. The lowest BCUT2D eigenvalue weighted by molar-refractivity contribution is -0.388. The van der Waals surface area contributed by atoms with E-state index in [2.05, 4.69) is 10.3 Å². The Morgan fingerprint density at radius 2 is 2.40 bits per heavy atom. The highest BCUT2D eigenvalue weighted by Gasteiger charge is 2.14. The summed E-state index contributed by atoms with van der Waals surface area (Å²) in [7, 11) is 2.42. The maximum Gasteiger partial charge on any atom is 0.302 e. The van der Waals surface area contributed by atoms with Crippen LogP contribution in [-0.4, -0.2) is 34.9 Å². The van der Waals surface area contributed by atoms with E-state index in [1.165, 1.54) is 29.1 Å². The second-order valence-electron chi connectivity index (χ2n) is 3.58. The van der Waals surface area contributed by atoms with Gasteiger partial charge in [0, 0.05) is 18.9 Å². The smallest absolute Gasteiger partial charge is 0.302 e. The minimum absolute atomic E-state index is 0.0306. The van der Waals surface area contributed by atoms with Crippen LogP contribution < -0.4 is 5.32 Å². The van der Waals surface area contributed by atoms with Gasteiger partial charge in [0.1, 0.15) is 6.61 Å². The van der Waals surface area contributed by atoms with E-state index in [0.29, 0.717) is 17.5 Å². The number of hydrogen-bond donors (Lipinski definition) is 1. The van der Waals surface area contributed by atoms with Crippen molar-refractivity contribution < 1.29 is 14.5 Å². The first-order valence-electron chi connectivity index (χ1n) is 5.88. The van der Waals surface area contributed by atoms with Crippen molar-refractivity contribution in [2.45, 2.75) is 18.4 Å². The van der Waals surface area contributed by atoms with E-state index < -0.39 is 4.92 Å². The van der Waals surface area contributed by atoms with Crippen molar-refractivity contribution in [2.24, 2.45) is 0 Å². The van der Waals surface area contributed by atoms with Gasteiger partial charge in [-0.05, 0) is 23.3 Å². The molecule has 0 aromatic carbocycles. The molecule has 0 radical (unpaired) electrons. The molecule has 0 fully saturated rings. The minimum atomic E-state index is -0.479. The predicted octanol–water partition coefficient (Wildman–Crippen LogP) is 2.23. The molecule has 0 spiro atoms. The summed E-state index contributed by atoms with van der Waals surface area (Å²) in [5.41, 5.74) is -0.0393. The molecule has 9 heteroatoms. The van der Waals surface area contributed by atoms with E-state index in [1.54, 1.807) is 0 Å². The highest BCUT2D eigenvalue weighted by molar-refractivity contribution is 8.76. The van der Waals surface area contributed by atoms with E-state index in [1.807, 2.05) is 6.92 Å². The molecular weight excluding hydrogens is 302 g/mol. The number of nitrogens with one attached hydrogen (secondary N) is 1. The number of carbonyl (C=O) groups excluding carboxylic acids is 1. The van der Waals surface area contributed by atoms with E-state index in [-0.39, 0.29) is 18.2 Å². The van der Waals surface area contributed by atoms with Crippen LogP contribution in [0.1, 0.15) is 13.3 Å². The largest absolute Gasteiger partial charge is 0.372 e. The fraction of sp³-hybridized carbons (Fsp3) is 0.455. The number of pyridine rings is 1. The van der Waals surface area contributed by atoms with Crippen LogP contribution in [0.4, 0.5) is 5.69 Å². The zero-order valence-corrected chi connectivity index (χ0v) is 12.5. The number of nitrogens with zero attached hydrogens (tertiary/aromatic N) is 2. The number of aromatic nitrogens is 1. The second-order valence-corrected chi connectivity index (χ2v) is 5.87. The van der Waals surface area contributed by atoms with Crippen LogP contribution in [0, 0.1) is 10.1 Å². The summed E-state index contributed by atoms with van der Waals surface area (Å²) in [5, 5.41) is 13.7. The molecule has 1 aromatic rings. The zero-order valence-electron chi connectivity index (χ0n) is 10.9. The maximum absolute atomic E-state index is 11.3. The first kappa shape index (κ1) is 16.7. The first-order valence-corrected chi connectivity index (χ1v) is 8.20. The Kier molecular flexibility index (Phi) is 8.00. The molecule has 0 aliphatic heterocycles. The molecule has 1 aromatic heterocycles. The standard InChI is InChI=1S/C11H15N3O4S2/c1-2-6-18-7-10(15)13-8-19-20-11-9(14(16)17)4-3-5-12-11/h3-5H,2,6-8H2,1H3,(H,13,15). The molecule has 0 bridgehead atoms. The molecule has 7 nitrogen and oxygen atoms in total. The lowest BCUT2D eigenvalue weighted by Crippen LogP contribution is -2.27. The van der Waals surface area contributed by atoms with Crippen molar-refractivity contribution in [3.05, 3.63) is 28.4 Å². The number of ether oxygens (including phenoxy) is 1. The van der Waals surface area contributed by atoms with Crippen molar-refractivity contribution in [3.8, 4) is 0 Å². The first-order chi connectivity index (χ1) is 9.65. The third-order valence-electron chi connectivity index (χ3n) is 2.00. The average Bonchev–Trinajstić information content (AvgIpc) is 2.44. The summed E-state index contributed by atoms with van der Waals surface area (Å²) in [6.07, 6.45) is 2.36. The van der Waals surface area contributed by atoms with Gasteiger partial charge >= 0.3 is 5.69 Å². The molecule has 0 saturated heterocycles. The van der Waals surface area contributed by atoms with Gasteiger partial charge in [0.05, 0.1) is 10.8 Å². The van der Waals surface area contributed by atoms with Crippen molar-refractivity contribution >= 4 is 33.2 Å². The van der Waals surface area contributed by atoms with Gasteiger partial charge in [-0.15, -0.1) is 0 Å². The Bertz CT molecular complexity index is 459. The number of carbonyl (C=O) groups is 1. The maximum atomic E-state index is 11.3. The van der Waals surface area contributed by atoms with Crippen LogP contribution in [0.25, 0.3) is 0 Å². The fourth-order valence-corrected chi connectivity index (χ4v) is 2.94. The second kappa shape index (κ2) is 9.56. The molecule has 20 heavy (non-hydrogen) atoms. The molecule has 110 valence electrons. The van der Waals surface area contributed by atoms with Crippen LogP contribution in [0.3, 0.4) is 0 Å². The molecule has 1 N–H and O–H groups in total. The molecule has 0 unspecified atom stereocenters. The van der Waals surface area contributed by atoms with Crippen LogP contribution in [0.2, 0.25) is 0 Å². The summed E-state index contributed by atoms with van der Waals surface area (Å²) in [5.74, 6) is 0.120. The van der Waals surface area contributed by atoms with Crippen LogP contribution in [0.15, 0.2) is 23.4 Å². The highest BCUT2D eigenvalue weighted by Crippen LogP contribution is 2.34. The molecule has 0 aliphatic carbocycles. The topological polar surface area (TPSA) is 94.4 Å². The molecule has 1 amide bonds. The quantitative estimate of drug-likeness (QED) is 0.245. The van der Waals surface area contributed by atoms with Gasteiger partial charge in [-0.3, -0.25) is 14.9 Å². The van der Waals surface area contributed by atoms with Crippen molar-refractivity contribution in [1.29, 1.82) is 0 Å². The highest BCUT2D eigenvalue weighted by atomic mass is 33.1. The fourth-order valence-electron chi connectivity index (χ4n) is 1.14. The average molecular weight is 317 g/mol. The van der Waals surface area contributed by atoms with Gasteiger partial charge in [0.15, 0.2) is 5.03 Å². The lowest BCUT2D eigenvalue weighted by Gasteiger charge is -2.05. The van der Waals surface area contributed by atoms with Crippen molar-refractivity contribution in [2.75, 3.05) is 19.1 Å². The third-order valence-corrected chi connectivity index (χ3v) is 4.03. The van der Waals surface area contributed by atoms with Gasteiger partial charge in [0.25, 0.3) is 0 Å². The predicted molar refractivity (Wildman–Crippen MR) is 78.5 cm³/mol. The van der Waals surface area contributed by atoms with E-state index in [0.717, 1.165) is 17.2 Å². The monoisotopic (exact) mass is 317 g/mol. The van der Waals surface area contributed by atoms with Crippen molar-refractivity contribution in [1.82, 2.24) is 10.3 Å². The number of amides is 1. The molecule has 0 aliphatic rings. The third kappa shape index (κ3) is 6.22. The summed E-state index contributed by atoms with van der Waals surface area (Å²) in [4.78, 5) is 25.5. The normalized spacial score (nSPS) is 10.2. The van der Waals surface area contributed by atoms with Crippen LogP contribution in [0.5, 0.6) is 0 Å². The Morgan fingerprint density at radius 3 is 3.10 bits per heavy atom. The number of nitro groups is 1. The molecule has 0 atom stereocenters. The van der Waals surface area contributed by atoms with Crippen LogP contribution in [-0.2, 0) is 9.53 Å². The van der Waals surface area contributed by atoms with Gasteiger partial charge < -0.3 is 10.1 Å². The molecule has 1 heterocycles. The minimum Gasteiger partial charge on any atom is -0.372 e. The molecular formula is C11H15N3O4S2. The molecule has 1 rings (SSSR count). The van der Waals surface area contributed by atoms with E-state index in [4.69, 9.17) is 4.74 Å². The number of rotatable bonds is 9. The summed E-state index contributed by atoms with van der Waals surface area (Å²) >= 11 is 0. The van der Waals surface area contributed by atoms with Crippen molar-refractivity contribution in [3.63, 3.8) is 0 Å². The van der Waals surface area contributed by atoms with E-state index in [9.17, 15) is 14.9 Å². The van der Waals surface area contributed by atoms with Gasteiger partial charge in [0.2, 0.25) is 5.91 Å². The van der Waals surface area contributed by atoms with Gasteiger partial charge in [-0.25, -0.2) is 4.98 Å². The summed E-state index contributed by atoms with van der Waals surface area (Å²) in [6.45, 7) is 2.54. The Morgan fingerprint density at radius 1 is 1.60 bits per heavy atom. The van der Waals surface area contributed by atoms with E-state index >= 15 is 0 Å². The lowest BCUT2D eigenvalue weighted by atomic mass is 10.4. The van der Waals surface area contributed by atoms with Crippen LogP contribution >= 0.6 is 21.6 Å². The SMILES string of the molecule is CCCOCC(=O)NCSSc1ncccc1[N+](=O)[O-]. The Hall–Kier alpha value is -1.32. The Balaban J connectivity index is 2.28. The molecule has 0 saturated carbocycles. The Labute approximate surface area is 124 Å². The van der Waals surface area contributed by atoms with Gasteiger partial charge in [-0.2, -0.15) is 0 Å². The summed E-state index contributed by atoms with van der Waals surface area (Å²) < 4.78 is 5.08. The summed E-state index contributed by atoms with van der Waals surface area (Å²) in [6, 6.07) is 2.91. The number of hydrogen-bond acceptors (Lipinski definition) is 7. The van der Waals surface area contributed by atoms with Gasteiger partial charge in [-0.1, -0.05) is 17.7 Å².